The standard InChI is InChI=1S/C13H27O/c1-4-6-7-8-9-10-12-13(14-3)11-5-2/h13H,2,4-12H2,1,3H3. The summed E-state index contributed by atoms with van der Waals surface area (Å²) >= 11 is 0. The number of unbranched alkanes of at least 4 members (excludes halogenated alkanes) is 5. The molecule has 1 heteroatoms. The predicted octanol–water partition coefficient (Wildman–Crippen LogP) is 4.37. The van der Waals surface area contributed by atoms with Crippen LogP contribution in [0.15, 0.2) is 0 Å². The zero-order valence-electron chi connectivity index (χ0n) is 10.1. The number of rotatable bonds is 10. The molecule has 0 saturated carbocycles. The van der Waals surface area contributed by atoms with Crippen LogP contribution >= 0.6 is 0 Å². The molecule has 0 aromatic carbocycles. The fourth-order valence-corrected chi connectivity index (χ4v) is 1.76. The number of hydrogen-bond acceptors (Lipinski definition) is 1. The Hall–Kier alpha value is -0.0400. The molecule has 0 aromatic heterocycles. The molecule has 1 unspecified atom stereocenters. The molecule has 0 amide bonds. The Labute approximate surface area is 90.2 Å². The molecule has 0 aliphatic carbocycles. The van der Waals surface area contributed by atoms with Crippen molar-refractivity contribution in [3.63, 3.8) is 0 Å². The molecule has 0 spiro atoms. The number of hydrogen-bond donors (Lipinski definition) is 0. The van der Waals surface area contributed by atoms with Crippen LogP contribution in [0.25, 0.3) is 0 Å². The predicted molar refractivity (Wildman–Crippen MR) is 63.4 cm³/mol. The van der Waals surface area contributed by atoms with Gasteiger partial charge in [0, 0.05) is 7.11 Å². The highest BCUT2D eigenvalue weighted by molar-refractivity contribution is 4.59. The number of ether oxygens (including phenoxy) is 1. The summed E-state index contributed by atoms with van der Waals surface area (Å²) < 4.78 is 5.38. The van der Waals surface area contributed by atoms with Crippen molar-refractivity contribution in [2.24, 2.45) is 0 Å². The Kier molecular flexibility index (Phi) is 11.0. The van der Waals surface area contributed by atoms with Crippen LogP contribution in [0.4, 0.5) is 0 Å². The molecule has 0 aliphatic rings. The van der Waals surface area contributed by atoms with Crippen LogP contribution in [0.2, 0.25) is 0 Å². The molecule has 14 heavy (non-hydrogen) atoms. The Balaban J connectivity index is 3.15. The second kappa shape index (κ2) is 11.0. The van der Waals surface area contributed by atoms with Gasteiger partial charge in [0.15, 0.2) is 0 Å². The monoisotopic (exact) mass is 199 g/mol. The Morgan fingerprint density at radius 2 is 1.64 bits per heavy atom. The first-order valence-corrected chi connectivity index (χ1v) is 6.17. The molecule has 85 valence electrons. The van der Waals surface area contributed by atoms with Crippen LogP contribution < -0.4 is 0 Å². The zero-order chi connectivity index (χ0) is 10.6. The molecule has 1 radical (unpaired) electrons. The smallest absolute Gasteiger partial charge is 0.0571 e. The first-order valence-electron chi connectivity index (χ1n) is 6.17. The van der Waals surface area contributed by atoms with Gasteiger partial charge in [0.2, 0.25) is 0 Å². The Bertz CT molecular complexity index is 101. The normalized spacial score (nSPS) is 13.1. The molecule has 0 saturated heterocycles. The highest BCUT2D eigenvalue weighted by atomic mass is 16.5. The Morgan fingerprint density at radius 3 is 2.21 bits per heavy atom. The van der Waals surface area contributed by atoms with Gasteiger partial charge in [0.25, 0.3) is 0 Å². The average Bonchev–Trinajstić information content (AvgIpc) is 2.21. The van der Waals surface area contributed by atoms with Crippen molar-refractivity contribution in [1.82, 2.24) is 0 Å². The summed E-state index contributed by atoms with van der Waals surface area (Å²) in [4.78, 5) is 0. The highest BCUT2D eigenvalue weighted by Gasteiger charge is 2.04. The SMILES string of the molecule is [CH2]CCC(CCCCCCCC)OC. The van der Waals surface area contributed by atoms with E-state index in [2.05, 4.69) is 13.8 Å². The summed E-state index contributed by atoms with van der Waals surface area (Å²) in [6, 6.07) is 0. The fraction of sp³-hybridized carbons (Fsp3) is 0.923. The molecule has 0 aliphatic heterocycles. The van der Waals surface area contributed by atoms with Crippen LogP contribution in [0.3, 0.4) is 0 Å². The first kappa shape index (κ1) is 14.0. The lowest BCUT2D eigenvalue weighted by molar-refractivity contribution is 0.0863. The highest BCUT2D eigenvalue weighted by Crippen LogP contribution is 2.12. The molecule has 1 nitrogen and oxygen atoms in total. The van der Waals surface area contributed by atoms with Gasteiger partial charge in [0.05, 0.1) is 6.10 Å². The van der Waals surface area contributed by atoms with Crippen molar-refractivity contribution >= 4 is 0 Å². The van der Waals surface area contributed by atoms with Crippen molar-refractivity contribution in [3.8, 4) is 0 Å². The van der Waals surface area contributed by atoms with E-state index in [9.17, 15) is 0 Å². The van der Waals surface area contributed by atoms with Crippen LogP contribution in [-0.4, -0.2) is 13.2 Å². The van der Waals surface area contributed by atoms with Gasteiger partial charge in [-0.05, 0) is 12.8 Å². The van der Waals surface area contributed by atoms with E-state index in [4.69, 9.17) is 4.74 Å². The van der Waals surface area contributed by atoms with E-state index >= 15 is 0 Å². The molecule has 0 bridgehead atoms. The topological polar surface area (TPSA) is 9.23 Å². The van der Waals surface area contributed by atoms with E-state index in [-0.39, 0.29) is 0 Å². The van der Waals surface area contributed by atoms with Crippen LogP contribution in [0.1, 0.15) is 64.7 Å². The maximum absolute atomic E-state index is 5.38. The van der Waals surface area contributed by atoms with Gasteiger partial charge < -0.3 is 4.74 Å². The third-order valence-electron chi connectivity index (χ3n) is 2.74. The lowest BCUT2D eigenvalue weighted by Gasteiger charge is -2.13. The maximum atomic E-state index is 5.38. The van der Waals surface area contributed by atoms with E-state index in [1.165, 1.54) is 44.9 Å². The van der Waals surface area contributed by atoms with Crippen LogP contribution in [0.5, 0.6) is 0 Å². The van der Waals surface area contributed by atoms with E-state index in [0.29, 0.717) is 6.10 Å². The van der Waals surface area contributed by atoms with Gasteiger partial charge in [-0.2, -0.15) is 0 Å². The van der Waals surface area contributed by atoms with Gasteiger partial charge in [-0.1, -0.05) is 58.8 Å². The minimum absolute atomic E-state index is 0.457. The van der Waals surface area contributed by atoms with Gasteiger partial charge in [-0.25, -0.2) is 0 Å². The van der Waals surface area contributed by atoms with Crippen molar-refractivity contribution in [3.05, 3.63) is 6.92 Å². The van der Waals surface area contributed by atoms with Gasteiger partial charge in [-0.15, -0.1) is 0 Å². The molecule has 0 N–H and O–H groups in total. The third-order valence-corrected chi connectivity index (χ3v) is 2.74. The lowest BCUT2D eigenvalue weighted by atomic mass is 10.0. The van der Waals surface area contributed by atoms with Crippen molar-refractivity contribution < 1.29 is 4.74 Å². The average molecular weight is 199 g/mol. The maximum Gasteiger partial charge on any atom is 0.0571 e. The molecular formula is C13H27O. The van der Waals surface area contributed by atoms with E-state index in [0.717, 1.165) is 12.8 Å². The minimum Gasteiger partial charge on any atom is -0.381 e. The van der Waals surface area contributed by atoms with E-state index in [1.54, 1.807) is 0 Å². The van der Waals surface area contributed by atoms with Crippen molar-refractivity contribution in [2.75, 3.05) is 7.11 Å². The molecule has 1 atom stereocenters. The largest absolute Gasteiger partial charge is 0.381 e. The second-order valence-electron chi connectivity index (χ2n) is 4.06. The summed E-state index contributed by atoms with van der Waals surface area (Å²) in [6.45, 7) is 6.12. The van der Waals surface area contributed by atoms with Crippen LogP contribution in [0, 0.1) is 6.92 Å². The summed E-state index contributed by atoms with van der Waals surface area (Å²) in [5.74, 6) is 0. The van der Waals surface area contributed by atoms with Crippen LogP contribution in [-0.2, 0) is 4.74 Å². The zero-order valence-corrected chi connectivity index (χ0v) is 10.1. The molecule has 0 heterocycles. The molecule has 0 fully saturated rings. The minimum atomic E-state index is 0.457. The van der Waals surface area contributed by atoms with Gasteiger partial charge >= 0.3 is 0 Å². The molecular weight excluding hydrogens is 172 g/mol. The van der Waals surface area contributed by atoms with Gasteiger partial charge in [0.1, 0.15) is 0 Å². The van der Waals surface area contributed by atoms with Gasteiger partial charge in [-0.3, -0.25) is 0 Å². The van der Waals surface area contributed by atoms with E-state index in [1.807, 2.05) is 7.11 Å². The lowest BCUT2D eigenvalue weighted by Crippen LogP contribution is -2.09. The third kappa shape index (κ3) is 8.55. The quantitative estimate of drug-likeness (QED) is 0.475. The first-order chi connectivity index (χ1) is 6.85. The summed E-state index contributed by atoms with van der Waals surface area (Å²) in [7, 11) is 1.82. The van der Waals surface area contributed by atoms with Crippen molar-refractivity contribution in [2.45, 2.75) is 70.8 Å². The number of methoxy groups -OCH3 is 1. The van der Waals surface area contributed by atoms with E-state index < -0.39 is 0 Å². The Morgan fingerprint density at radius 1 is 1.00 bits per heavy atom. The summed E-state index contributed by atoms with van der Waals surface area (Å²) in [5, 5.41) is 0. The fourth-order valence-electron chi connectivity index (χ4n) is 1.76. The summed E-state index contributed by atoms with van der Waals surface area (Å²) in [5.41, 5.74) is 0. The summed E-state index contributed by atoms with van der Waals surface area (Å²) in [6.07, 6.45) is 12.0. The molecule has 0 rings (SSSR count). The second-order valence-corrected chi connectivity index (χ2v) is 4.06. The molecule has 0 aromatic rings. The van der Waals surface area contributed by atoms with Crippen molar-refractivity contribution in [1.29, 1.82) is 0 Å².